The van der Waals surface area contributed by atoms with Crippen LogP contribution in [-0.4, -0.2) is 29.3 Å². The van der Waals surface area contributed by atoms with Crippen molar-refractivity contribution < 1.29 is 15.0 Å². The molecule has 0 fully saturated rings. The van der Waals surface area contributed by atoms with Crippen LogP contribution in [-0.2, 0) is 0 Å². The number of carbonyl (C=O) groups is 1. The molecule has 20 heavy (non-hydrogen) atoms. The third-order valence-electron chi connectivity index (χ3n) is 3.06. The van der Waals surface area contributed by atoms with Crippen molar-refractivity contribution in [2.45, 2.75) is 26.2 Å². The summed E-state index contributed by atoms with van der Waals surface area (Å²) in [5.41, 5.74) is 0.306. The normalized spacial score (nSPS) is 12.2. The first kappa shape index (κ1) is 18.0. The number of phenols is 1. The largest absolute Gasteiger partial charge is 0.506 e. The standard InChI is InChI=1S/C14H19I2NO3/c1-2-3-9(4-5-18)8-17-14(20)11-6-10(15)7-12(16)13(11)19/h6-7,9,18-19H,2-5,8H2,1H3,(H,17,20). The van der Waals surface area contributed by atoms with Crippen molar-refractivity contribution in [3.8, 4) is 5.75 Å². The highest BCUT2D eigenvalue weighted by Crippen LogP contribution is 2.27. The predicted molar refractivity (Wildman–Crippen MR) is 96.0 cm³/mol. The lowest BCUT2D eigenvalue weighted by molar-refractivity contribution is 0.0940. The van der Waals surface area contributed by atoms with Gasteiger partial charge in [-0.15, -0.1) is 0 Å². The third-order valence-corrected chi connectivity index (χ3v) is 4.50. The highest BCUT2D eigenvalue weighted by atomic mass is 127. The first-order valence-electron chi connectivity index (χ1n) is 6.56. The molecule has 1 atom stereocenters. The molecule has 0 aliphatic rings. The van der Waals surface area contributed by atoms with E-state index in [0.717, 1.165) is 16.4 Å². The Balaban J connectivity index is 2.71. The Labute approximate surface area is 146 Å². The van der Waals surface area contributed by atoms with Crippen molar-refractivity contribution in [1.29, 1.82) is 0 Å². The number of benzene rings is 1. The Bertz CT molecular complexity index is 460. The molecule has 4 nitrogen and oxygen atoms in total. The van der Waals surface area contributed by atoms with Crippen LogP contribution in [0.2, 0.25) is 0 Å². The Hall–Kier alpha value is -0.0900. The van der Waals surface area contributed by atoms with Crippen LogP contribution in [0, 0.1) is 13.1 Å². The zero-order valence-electron chi connectivity index (χ0n) is 11.3. The number of hydrogen-bond donors (Lipinski definition) is 3. The lowest BCUT2D eigenvalue weighted by Crippen LogP contribution is -2.30. The van der Waals surface area contributed by atoms with Crippen molar-refractivity contribution in [3.63, 3.8) is 0 Å². The minimum absolute atomic E-state index is 0.0257. The molecule has 1 unspecified atom stereocenters. The van der Waals surface area contributed by atoms with E-state index in [0.29, 0.717) is 22.1 Å². The van der Waals surface area contributed by atoms with E-state index < -0.39 is 0 Å². The van der Waals surface area contributed by atoms with E-state index in [9.17, 15) is 9.90 Å². The molecule has 0 spiro atoms. The van der Waals surface area contributed by atoms with Gasteiger partial charge >= 0.3 is 0 Å². The van der Waals surface area contributed by atoms with Crippen molar-refractivity contribution >= 4 is 51.1 Å². The number of amides is 1. The van der Waals surface area contributed by atoms with E-state index >= 15 is 0 Å². The zero-order valence-corrected chi connectivity index (χ0v) is 15.6. The molecule has 1 aromatic rings. The van der Waals surface area contributed by atoms with E-state index in [-0.39, 0.29) is 24.2 Å². The van der Waals surface area contributed by atoms with Crippen LogP contribution in [0.25, 0.3) is 0 Å². The van der Waals surface area contributed by atoms with E-state index in [1.807, 2.05) is 28.7 Å². The number of carbonyl (C=O) groups excluding carboxylic acids is 1. The molecule has 1 amide bonds. The third kappa shape index (κ3) is 5.36. The number of hydrogen-bond acceptors (Lipinski definition) is 3. The maximum absolute atomic E-state index is 12.1. The SMILES string of the molecule is CCCC(CCO)CNC(=O)c1cc(I)cc(I)c1O. The van der Waals surface area contributed by atoms with Gasteiger partial charge in [-0.1, -0.05) is 13.3 Å². The number of halogens is 2. The molecule has 1 rings (SSSR count). The average molecular weight is 503 g/mol. The topological polar surface area (TPSA) is 69.6 Å². The van der Waals surface area contributed by atoms with Gasteiger partial charge in [0.15, 0.2) is 0 Å². The molecule has 0 aromatic heterocycles. The minimum atomic E-state index is -0.266. The fourth-order valence-corrected chi connectivity index (χ4v) is 3.86. The van der Waals surface area contributed by atoms with Gasteiger partial charge < -0.3 is 15.5 Å². The summed E-state index contributed by atoms with van der Waals surface area (Å²) < 4.78 is 1.58. The van der Waals surface area contributed by atoms with Crippen LogP contribution in [0.5, 0.6) is 5.75 Å². The van der Waals surface area contributed by atoms with Crippen LogP contribution in [0.15, 0.2) is 12.1 Å². The molecule has 0 bridgehead atoms. The monoisotopic (exact) mass is 503 g/mol. The maximum Gasteiger partial charge on any atom is 0.255 e. The summed E-state index contributed by atoms with van der Waals surface area (Å²) in [5, 5.41) is 21.8. The number of phenolic OH excluding ortho intramolecular Hbond substituents is 1. The van der Waals surface area contributed by atoms with E-state index in [1.54, 1.807) is 6.07 Å². The summed E-state index contributed by atoms with van der Waals surface area (Å²) in [6, 6.07) is 3.49. The van der Waals surface area contributed by atoms with E-state index in [1.165, 1.54) is 0 Å². The predicted octanol–water partition coefficient (Wildman–Crippen LogP) is 3.13. The first-order valence-corrected chi connectivity index (χ1v) is 8.72. The number of aromatic hydroxyl groups is 1. The van der Waals surface area contributed by atoms with Crippen LogP contribution < -0.4 is 5.32 Å². The Morgan fingerprint density at radius 3 is 2.65 bits per heavy atom. The highest BCUT2D eigenvalue weighted by Gasteiger charge is 2.16. The Morgan fingerprint density at radius 2 is 2.05 bits per heavy atom. The first-order chi connectivity index (χ1) is 9.49. The van der Waals surface area contributed by atoms with Crippen molar-refractivity contribution in [1.82, 2.24) is 5.32 Å². The Kier molecular flexibility index (Phi) is 8.11. The van der Waals surface area contributed by atoms with E-state index in [2.05, 4.69) is 34.8 Å². The van der Waals surface area contributed by atoms with Gasteiger partial charge in [-0.2, -0.15) is 0 Å². The zero-order chi connectivity index (χ0) is 15.1. The van der Waals surface area contributed by atoms with Gasteiger partial charge in [-0.05, 0) is 76.1 Å². The summed E-state index contributed by atoms with van der Waals surface area (Å²) in [7, 11) is 0. The van der Waals surface area contributed by atoms with E-state index in [4.69, 9.17) is 5.11 Å². The van der Waals surface area contributed by atoms with Gasteiger partial charge in [0.25, 0.3) is 5.91 Å². The summed E-state index contributed by atoms with van der Waals surface area (Å²) in [6.45, 7) is 2.74. The molecule has 1 aromatic carbocycles. The summed E-state index contributed by atoms with van der Waals surface area (Å²) >= 11 is 4.13. The van der Waals surface area contributed by atoms with Gasteiger partial charge in [-0.3, -0.25) is 4.79 Å². The molecular formula is C14H19I2NO3. The molecule has 0 saturated heterocycles. The number of nitrogens with one attached hydrogen (secondary N) is 1. The lowest BCUT2D eigenvalue weighted by Gasteiger charge is -2.16. The second-order valence-corrected chi connectivity index (χ2v) is 7.07. The molecular weight excluding hydrogens is 484 g/mol. The van der Waals surface area contributed by atoms with Crippen molar-refractivity contribution in [2.24, 2.45) is 5.92 Å². The fourth-order valence-electron chi connectivity index (χ4n) is 2.01. The number of aliphatic hydroxyl groups is 1. The number of rotatable bonds is 7. The van der Waals surface area contributed by atoms with Crippen LogP contribution in [0.1, 0.15) is 36.5 Å². The highest BCUT2D eigenvalue weighted by molar-refractivity contribution is 14.1. The lowest BCUT2D eigenvalue weighted by atomic mass is 10.00. The molecule has 0 heterocycles. The van der Waals surface area contributed by atoms with Gasteiger partial charge in [0.1, 0.15) is 5.75 Å². The van der Waals surface area contributed by atoms with Crippen molar-refractivity contribution in [2.75, 3.05) is 13.2 Å². The molecule has 0 aliphatic heterocycles. The quantitative estimate of drug-likeness (QED) is 0.502. The van der Waals surface area contributed by atoms with Crippen LogP contribution >= 0.6 is 45.2 Å². The number of aliphatic hydroxyl groups excluding tert-OH is 1. The molecule has 0 radical (unpaired) electrons. The summed E-state index contributed by atoms with van der Waals surface area (Å²) in [4.78, 5) is 12.1. The molecule has 3 N–H and O–H groups in total. The smallest absolute Gasteiger partial charge is 0.255 e. The molecule has 112 valence electrons. The van der Waals surface area contributed by atoms with Gasteiger partial charge in [0.2, 0.25) is 0 Å². The molecule has 0 saturated carbocycles. The van der Waals surface area contributed by atoms with Gasteiger partial charge in [0.05, 0.1) is 9.13 Å². The van der Waals surface area contributed by atoms with Crippen LogP contribution in [0.4, 0.5) is 0 Å². The minimum Gasteiger partial charge on any atom is -0.506 e. The summed E-state index contributed by atoms with van der Waals surface area (Å²) in [6.07, 6.45) is 2.67. The summed E-state index contributed by atoms with van der Waals surface area (Å²) in [5.74, 6) is 0.0358. The van der Waals surface area contributed by atoms with Gasteiger partial charge in [0, 0.05) is 16.7 Å². The second-order valence-electron chi connectivity index (χ2n) is 4.66. The average Bonchev–Trinajstić information content (AvgIpc) is 2.40. The molecule has 6 heteroatoms. The fraction of sp³-hybridized carbons (Fsp3) is 0.500. The molecule has 0 aliphatic carbocycles. The van der Waals surface area contributed by atoms with Crippen LogP contribution in [0.3, 0.4) is 0 Å². The Morgan fingerprint density at radius 1 is 1.35 bits per heavy atom. The van der Waals surface area contributed by atoms with Gasteiger partial charge in [-0.25, -0.2) is 0 Å². The maximum atomic E-state index is 12.1. The van der Waals surface area contributed by atoms with Crippen molar-refractivity contribution in [3.05, 3.63) is 24.8 Å². The second kappa shape index (κ2) is 9.04.